The third kappa shape index (κ3) is 3.97. The second-order valence-corrected chi connectivity index (χ2v) is 5.90. The molecule has 0 fully saturated rings. The lowest BCUT2D eigenvalue weighted by Crippen LogP contribution is -2.39. The molecule has 1 aliphatic carbocycles. The maximum Gasteiger partial charge on any atom is 0.119 e. The van der Waals surface area contributed by atoms with E-state index < -0.39 is 0 Å². The van der Waals surface area contributed by atoms with E-state index in [2.05, 4.69) is 44.3 Å². The zero-order valence-corrected chi connectivity index (χ0v) is 12.5. The molecule has 1 unspecified atom stereocenters. The van der Waals surface area contributed by atoms with E-state index >= 15 is 0 Å². The van der Waals surface area contributed by atoms with Crippen molar-refractivity contribution in [2.45, 2.75) is 52.5 Å². The van der Waals surface area contributed by atoms with Crippen molar-refractivity contribution < 1.29 is 4.74 Å². The Morgan fingerprint density at radius 3 is 2.74 bits per heavy atom. The molecule has 1 N–H and O–H groups in total. The van der Waals surface area contributed by atoms with E-state index in [1.54, 1.807) is 0 Å². The fourth-order valence-corrected chi connectivity index (χ4v) is 2.64. The van der Waals surface area contributed by atoms with Gasteiger partial charge in [0.15, 0.2) is 0 Å². The summed E-state index contributed by atoms with van der Waals surface area (Å²) in [5.41, 5.74) is 3.00. The monoisotopic (exact) mass is 261 g/mol. The van der Waals surface area contributed by atoms with Gasteiger partial charge in [-0.15, -0.1) is 0 Å². The van der Waals surface area contributed by atoms with Gasteiger partial charge in [-0.05, 0) is 61.4 Å². The molecular weight excluding hydrogens is 234 g/mol. The van der Waals surface area contributed by atoms with E-state index in [-0.39, 0.29) is 0 Å². The van der Waals surface area contributed by atoms with E-state index in [4.69, 9.17) is 4.74 Å². The number of ether oxygens (including phenoxy) is 1. The third-order valence-electron chi connectivity index (χ3n) is 3.96. The summed E-state index contributed by atoms with van der Waals surface area (Å²) in [4.78, 5) is 0. The predicted molar refractivity (Wildman–Crippen MR) is 80.9 cm³/mol. The Morgan fingerprint density at radius 1 is 1.21 bits per heavy atom. The highest BCUT2D eigenvalue weighted by Crippen LogP contribution is 2.26. The first kappa shape index (κ1) is 14.4. The molecule has 0 heterocycles. The van der Waals surface area contributed by atoms with Gasteiger partial charge in [0, 0.05) is 6.04 Å². The minimum Gasteiger partial charge on any atom is -0.492 e. The zero-order valence-electron chi connectivity index (χ0n) is 12.5. The van der Waals surface area contributed by atoms with Crippen LogP contribution in [0.15, 0.2) is 18.2 Å². The summed E-state index contributed by atoms with van der Waals surface area (Å²) in [6.45, 7) is 8.53. The molecule has 1 aromatic carbocycles. The van der Waals surface area contributed by atoms with Gasteiger partial charge in [0.1, 0.15) is 12.4 Å². The summed E-state index contributed by atoms with van der Waals surface area (Å²) in [5, 5.41) is 3.57. The molecule has 1 atom stereocenters. The quantitative estimate of drug-likeness (QED) is 0.810. The highest BCUT2D eigenvalue weighted by Gasteiger charge is 2.15. The fourth-order valence-electron chi connectivity index (χ4n) is 2.64. The van der Waals surface area contributed by atoms with Gasteiger partial charge in [-0.25, -0.2) is 0 Å². The summed E-state index contributed by atoms with van der Waals surface area (Å²) < 4.78 is 5.99. The molecule has 2 nitrogen and oxygen atoms in total. The molecule has 0 aromatic heterocycles. The fraction of sp³-hybridized carbons (Fsp3) is 0.647. The molecule has 2 heteroatoms. The van der Waals surface area contributed by atoms with E-state index in [1.807, 2.05) is 0 Å². The third-order valence-corrected chi connectivity index (χ3v) is 3.96. The minimum atomic E-state index is 0.438. The summed E-state index contributed by atoms with van der Waals surface area (Å²) >= 11 is 0. The van der Waals surface area contributed by atoms with Crippen LogP contribution < -0.4 is 10.1 Å². The van der Waals surface area contributed by atoms with Crippen molar-refractivity contribution in [1.29, 1.82) is 0 Å². The summed E-state index contributed by atoms with van der Waals surface area (Å²) in [6.07, 6.45) is 4.92. The number of fused-ring (bicyclic) bond motifs is 1. The average molecular weight is 261 g/mol. The number of nitrogens with one attached hydrogen (secondary N) is 1. The molecule has 19 heavy (non-hydrogen) atoms. The minimum absolute atomic E-state index is 0.438. The van der Waals surface area contributed by atoms with Crippen molar-refractivity contribution in [3.63, 3.8) is 0 Å². The van der Waals surface area contributed by atoms with E-state index in [0.29, 0.717) is 12.0 Å². The number of aryl methyl sites for hydroxylation is 2. The Hall–Kier alpha value is -1.02. The molecule has 0 radical (unpaired) electrons. The Bertz CT molecular complexity index is 400. The highest BCUT2D eigenvalue weighted by atomic mass is 16.5. The van der Waals surface area contributed by atoms with Crippen molar-refractivity contribution in [2.24, 2.45) is 5.92 Å². The van der Waals surface area contributed by atoms with Crippen molar-refractivity contribution >= 4 is 0 Å². The molecule has 106 valence electrons. The Labute approximate surface area is 117 Å². The highest BCUT2D eigenvalue weighted by molar-refractivity contribution is 5.38. The summed E-state index contributed by atoms with van der Waals surface area (Å²) in [5.74, 6) is 1.63. The average Bonchev–Trinajstić information content (AvgIpc) is 2.85. The number of hydrogen-bond donors (Lipinski definition) is 1. The SMILES string of the molecule is CCCNC(COc1ccc2c(c1)CCC2)C(C)C. The molecule has 1 aromatic rings. The van der Waals surface area contributed by atoms with Crippen molar-refractivity contribution in [3.05, 3.63) is 29.3 Å². The molecule has 0 aliphatic heterocycles. The van der Waals surface area contributed by atoms with E-state index in [0.717, 1.165) is 18.9 Å². The molecule has 0 saturated carbocycles. The largest absolute Gasteiger partial charge is 0.492 e. The second-order valence-electron chi connectivity index (χ2n) is 5.90. The number of rotatable bonds is 7. The van der Waals surface area contributed by atoms with E-state index in [1.165, 1.54) is 36.8 Å². The normalized spacial score (nSPS) is 15.6. The first-order chi connectivity index (χ1) is 9.20. The maximum atomic E-state index is 5.99. The van der Waals surface area contributed by atoms with Crippen molar-refractivity contribution in [3.8, 4) is 5.75 Å². The molecule has 0 amide bonds. The standard InChI is InChI=1S/C17H27NO/c1-4-10-18-17(13(2)3)12-19-16-9-8-14-6-5-7-15(14)11-16/h8-9,11,13,17-18H,4-7,10,12H2,1-3H3. The smallest absolute Gasteiger partial charge is 0.119 e. The van der Waals surface area contributed by atoms with Crippen LogP contribution in [0.4, 0.5) is 0 Å². The topological polar surface area (TPSA) is 21.3 Å². The number of hydrogen-bond acceptors (Lipinski definition) is 2. The lowest BCUT2D eigenvalue weighted by molar-refractivity contribution is 0.230. The van der Waals surface area contributed by atoms with Crippen LogP contribution >= 0.6 is 0 Å². The van der Waals surface area contributed by atoms with Crippen LogP contribution in [0.1, 0.15) is 44.7 Å². The first-order valence-corrected chi connectivity index (χ1v) is 7.68. The lowest BCUT2D eigenvalue weighted by Gasteiger charge is -2.22. The Morgan fingerprint density at radius 2 is 2.00 bits per heavy atom. The predicted octanol–water partition coefficient (Wildman–Crippen LogP) is 3.58. The van der Waals surface area contributed by atoms with Crippen LogP contribution in [0.25, 0.3) is 0 Å². The maximum absolute atomic E-state index is 5.99. The van der Waals surface area contributed by atoms with Gasteiger partial charge >= 0.3 is 0 Å². The molecule has 0 spiro atoms. The lowest BCUT2D eigenvalue weighted by atomic mass is 10.1. The van der Waals surface area contributed by atoms with Gasteiger partial charge in [0.25, 0.3) is 0 Å². The van der Waals surface area contributed by atoms with Gasteiger partial charge in [0.05, 0.1) is 0 Å². The molecule has 1 aliphatic rings. The van der Waals surface area contributed by atoms with Gasteiger partial charge in [0.2, 0.25) is 0 Å². The van der Waals surface area contributed by atoms with Crippen LogP contribution in [0.5, 0.6) is 5.75 Å². The Balaban J connectivity index is 1.89. The van der Waals surface area contributed by atoms with Gasteiger partial charge in [-0.1, -0.05) is 26.8 Å². The Kier molecular flexibility index (Phi) is 5.26. The first-order valence-electron chi connectivity index (χ1n) is 7.68. The van der Waals surface area contributed by atoms with Crippen molar-refractivity contribution in [1.82, 2.24) is 5.32 Å². The van der Waals surface area contributed by atoms with Gasteiger partial charge < -0.3 is 10.1 Å². The second kappa shape index (κ2) is 6.95. The van der Waals surface area contributed by atoms with Gasteiger partial charge in [-0.3, -0.25) is 0 Å². The molecule has 2 rings (SSSR count). The molecule has 0 saturated heterocycles. The molecule has 0 bridgehead atoms. The van der Waals surface area contributed by atoms with Crippen LogP contribution in [0.3, 0.4) is 0 Å². The van der Waals surface area contributed by atoms with Crippen molar-refractivity contribution in [2.75, 3.05) is 13.2 Å². The van der Waals surface area contributed by atoms with Crippen LogP contribution in [-0.2, 0) is 12.8 Å². The summed E-state index contributed by atoms with van der Waals surface area (Å²) in [7, 11) is 0. The number of benzene rings is 1. The van der Waals surface area contributed by atoms with Gasteiger partial charge in [-0.2, -0.15) is 0 Å². The molecular formula is C17H27NO. The van der Waals surface area contributed by atoms with E-state index in [9.17, 15) is 0 Å². The van der Waals surface area contributed by atoms with Crippen LogP contribution in [0.2, 0.25) is 0 Å². The zero-order chi connectivity index (χ0) is 13.7. The van der Waals surface area contributed by atoms with Crippen LogP contribution in [0, 0.1) is 5.92 Å². The van der Waals surface area contributed by atoms with Crippen LogP contribution in [-0.4, -0.2) is 19.2 Å². The summed E-state index contributed by atoms with van der Waals surface area (Å²) in [6, 6.07) is 7.04.